The number of carbonyl (C=O) groups excluding carboxylic acids is 1. The van der Waals surface area contributed by atoms with Crippen LogP contribution >= 0.6 is 15.9 Å². The van der Waals surface area contributed by atoms with E-state index >= 15 is 0 Å². The van der Waals surface area contributed by atoms with Gasteiger partial charge in [-0.2, -0.15) is 0 Å². The molecule has 138 valence electrons. The van der Waals surface area contributed by atoms with Crippen molar-refractivity contribution in [3.8, 4) is 23.0 Å². The third-order valence-corrected chi connectivity index (χ3v) is 4.37. The highest BCUT2D eigenvalue weighted by Crippen LogP contribution is 2.37. The molecule has 1 aliphatic heterocycles. The number of ether oxygens (including phenoxy) is 4. The molecule has 0 radical (unpaired) electrons. The summed E-state index contributed by atoms with van der Waals surface area (Å²) in [6.07, 6.45) is 0.830. The van der Waals surface area contributed by atoms with Gasteiger partial charge in [0, 0.05) is 23.7 Å². The van der Waals surface area contributed by atoms with Crippen molar-refractivity contribution in [1.82, 2.24) is 0 Å². The van der Waals surface area contributed by atoms with Crippen molar-refractivity contribution in [3.63, 3.8) is 0 Å². The molecule has 1 N–H and O–H groups in total. The lowest BCUT2D eigenvalue weighted by Gasteiger charge is -2.14. The lowest BCUT2D eigenvalue weighted by atomic mass is 10.1. The number of anilines is 1. The molecule has 0 spiro atoms. The first-order valence-electron chi connectivity index (χ1n) is 8.33. The molecule has 0 saturated heterocycles. The first-order chi connectivity index (χ1) is 12.6. The van der Waals surface area contributed by atoms with Crippen molar-refractivity contribution >= 4 is 27.5 Å². The van der Waals surface area contributed by atoms with Crippen LogP contribution in [0.2, 0.25) is 0 Å². The van der Waals surface area contributed by atoms with Crippen LogP contribution in [0.25, 0.3) is 0 Å². The summed E-state index contributed by atoms with van der Waals surface area (Å²) in [4.78, 5) is 12.7. The maximum absolute atomic E-state index is 12.7. The molecule has 0 saturated carbocycles. The lowest BCUT2D eigenvalue weighted by molar-refractivity contribution is 0.102. The molecule has 0 aliphatic carbocycles. The summed E-state index contributed by atoms with van der Waals surface area (Å²) in [5.74, 6) is 2.12. The maximum atomic E-state index is 12.7. The van der Waals surface area contributed by atoms with Crippen LogP contribution in [0.4, 0.5) is 5.69 Å². The number of carbonyl (C=O) groups is 1. The van der Waals surface area contributed by atoms with E-state index in [1.807, 2.05) is 6.92 Å². The second kappa shape index (κ2) is 8.31. The topological polar surface area (TPSA) is 66.0 Å². The summed E-state index contributed by atoms with van der Waals surface area (Å²) in [7, 11) is 1.56. The average molecular weight is 422 g/mol. The normalized spacial score (nSPS) is 12.9. The van der Waals surface area contributed by atoms with Gasteiger partial charge < -0.3 is 24.3 Å². The SMILES string of the molecule is CCOc1cc(C(=O)Nc2ccc3c(c2)OCCCO3)cc(Br)c1OC. The second-order valence-corrected chi connectivity index (χ2v) is 6.44. The molecule has 1 heterocycles. The van der Waals surface area contributed by atoms with Crippen LogP contribution in [-0.4, -0.2) is 32.8 Å². The van der Waals surface area contributed by atoms with Gasteiger partial charge in [-0.25, -0.2) is 0 Å². The molecular formula is C19H20BrNO5. The van der Waals surface area contributed by atoms with Gasteiger partial charge in [-0.15, -0.1) is 0 Å². The first-order valence-corrected chi connectivity index (χ1v) is 9.13. The van der Waals surface area contributed by atoms with Gasteiger partial charge in [-0.1, -0.05) is 0 Å². The summed E-state index contributed by atoms with van der Waals surface area (Å²) in [6, 6.07) is 8.70. The number of rotatable bonds is 5. The number of fused-ring (bicyclic) bond motifs is 1. The van der Waals surface area contributed by atoms with E-state index in [1.54, 1.807) is 37.4 Å². The Hall–Kier alpha value is -2.41. The van der Waals surface area contributed by atoms with Gasteiger partial charge in [-0.05, 0) is 47.1 Å². The predicted molar refractivity (Wildman–Crippen MR) is 102 cm³/mol. The van der Waals surface area contributed by atoms with E-state index in [4.69, 9.17) is 18.9 Å². The fourth-order valence-electron chi connectivity index (χ4n) is 2.60. The molecule has 2 aromatic carbocycles. The number of benzene rings is 2. The maximum Gasteiger partial charge on any atom is 0.255 e. The van der Waals surface area contributed by atoms with Gasteiger partial charge in [0.15, 0.2) is 23.0 Å². The number of amides is 1. The third-order valence-electron chi connectivity index (χ3n) is 3.78. The fraction of sp³-hybridized carbons (Fsp3) is 0.316. The van der Waals surface area contributed by atoms with Crippen LogP contribution in [0.15, 0.2) is 34.8 Å². The second-order valence-electron chi connectivity index (χ2n) is 5.59. The number of nitrogens with one attached hydrogen (secondary N) is 1. The molecule has 0 bridgehead atoms. The highest BCUT2D eigenvalue weighted by atomic mass is 79.9. The Bertz CT molecular complexity index is 809. The van der Waals surface area contributed by atoms with Crippen LogP contribution in [0.5, 0.6) is 23.0 Å². The molecule has 6 nitrogen and oxygen atoms in total. The number of halogens is 1. The highest BCUT2D eigenvalue weighted by molar-refractivity contribution is 9.10. The Morgan fingerprint density at radius 1 is 1.19 bits per heavy atom. The fourth-order valence-corrected chi connectivity index (χ4v) is 3.21. The van der Waals surface area contributed by atoms with Crippen molar-refractivity contribution in [2.45, 2.75) is 13.3 Å². The summed E-state index contributed by atoms with van der Waals surface area (Å²) in [5.41, 5.74) is 1.08. The monoisotopic (exact) mass is 421 g/mol. The highest BCUT2D eigenvalue weighted by Gasteiger charge is 2.17. The number of methoxy groups -OCH3 is 1. The van der Waals surface area contributed by atoms with Gasteiger partial charge in [0.25, 0.3) is 5.91 Å². The summed E-state index contributed by atoms with van der Waals surface area (Å²) >= 11 is 3.42. The molecule has 0 aromatic heterocycles. The van der Waals surface area contributed by atoms with Crippen LogP contribution in [0.1, 0.15) is 23.7 Å². The van der Waals surface area contributed by atoms with E-state index in [0.29, 0.717) is 58.5 Å². The smallest absolute Gasteiger partial charge is 0.255 e. The van der Waals surface area contributed by atoms with E-state index in [0.717, 1.165) is 6.42 Å². The molecule has 1 aliphatic rings. The Morgan fingerprint density at radius 2 is 1.96 bits per heavy atom. The predicted octanol–water partition coefficient (Wildman–Crippen LogP) is 4.27. The van der Waals surface area contributed by atoms with Crippen LogP contribution in [0, 0.1) is 0 Å². The van der Waals surface area contributed by atoms with E-state index < -0.39 is 0 Å². The molecule has 26 heavy (non-hydrogen) atoms. The van der Waals surface area contributed by atoms with E-state index in [1.165, 1.54) is 0 Å². The van der Waals surface area contributed by atoms with Crippen molar-refractivity contribution < 1.29 is 23.7 Å². The summed E-state index contributed by atoms with van der Waals surface area (Å²) < 4.78 is 22.8. The van der Waals surface area contributed by atoms with Crippen LogP contribution in [-0.2, 0) is 0 Å². The Kier molecular flexibility index (Phi) is 5.88. The van der Waals surface area contributed by atoms with Crippen molar-refractivity contribution in [3.05, 3.63) is 40.4 Å². The minimum atomic E-state index is -0.260. The summed E-state index contributed by atoms with van der Waals surface area (Å²) in [6.45, 7) is 3.56. The molecule has 3 rings (SSSR count). The Labute approximate surface area is 160 Å². The molecule has 0 unspecified atom stereocenters. The molecule has 7 heteroatoms. The third kappa shape index (κ3) is 4.04. The van der Waals surface area contributed by atoms with Crippen molar-refractivity contribution in [2.24, 2.45) is 0 Å². The van der Waals surface area contributed by atoms with Gasteiger partial charge in [0.2, 0.25) is 0 Å². The Balaban J connectivity index is 1.83. The molecule has 1 amide bonds. The quantitative estimate of drug-likeness (QED) is 0.780. The van der Waals surface area contributed by atoms with Crippen molar-refractivity contribution in [1.29, 1.82) is 0 Å². The molecular weight excluding hydrogens is 402 g/mol. The van der Waals surface area contributed by atoms with Gasteiger partial charge in [0.05, 0.1) is 31.4 Å². The number of hydrogen-bond acceptors (Lipinski definition) is 5. The lowest BCUT2D eigenvalue weighted by Crippen LogP contribution is -2.12. The number of hydrogen-bond donors (Lipinski definition) is 1. The summed E-state index contributed by atoms with van der Waals surface area (Å²) in [5, 5.41) is 2.87. The average Bonchev–Trinajstić information content (AvgIpc) is 2.86. The van der Waals surface area contributed by atoms with Gasteiger partial charge in [0.1, 0.15) is 0 Å². The molecule has 2 aromatic rings. The zero-order valence-corrected chi connectivity index (χ0v) is 16.2. The molecule has 0 fully saturated rings. The van der Waals surface area contributed by atoms with E-state index in [2.05, 4.69) is 21.2 Å². The zero-order chi connectivity index (χ0) is 18.5. The van der Waals surface area contributed by atoms with Crippen LogP contribution in [0.3, 0.4) is 0 Å². The minimum Gasteiger partial charge on any atom is -0.492 e. The molecule has 0 atom stereocenters. The standard InChI is InChI=1S/C19H20BrNO5/c1-3-24-17-10-12(9-14(20)18(17)23-2)19(22)21-13-5-6-15-16(11-13)26-8-4-7-25-15/h5-6,9-11H,3-4,7-8H2,1-2H3,(H,21,22). The van der Waals surface area contributed by atoms with E-state index in [9.17, 15) is 4.79 Å². The minimum absolute atomic E-state index is 0.260. The van der Waals surface area contributed by atoms with Gasteiger partial charge in [-0.3, -0.25) is 4.79 Å². The zero-order valence-electron chi connectivity index (χ0n) is 14.6. The Morgan fingerprint density at radius 3 is 2.69 bits per heavy atom. The van der Waals surface area contributed by atoms with Crippen molar-refractivity contribution in [2.75, 3.05) is 32.2 Å². The van der Waals surface area contributed by atoms with Gasteiger partial charge >= 0.3 is 0 Å². The first kappa shape index (κ1) is 18.4. The largest absolute Gasteiger partial charge is 0.492 e. The van der Waals surface area contributed by atoms with Crippen LogP contribution < -0.4 is 24.3 Å². The van der Waals surface area contributed by atoms with E-state index in [-0.39, 0.29) is 5.91 Å².